The Morgan fingerprint density at radius 2 is 1.69 bits per heavy atom. The van der Waals surface area contributed by atoms with Crippen LogP contribution in [-0.4, -0.2) is 40.0 Å². The van der Waals surface area contributed by atoms with Gasteiger partial charge in [0.15, 0.2) is 0 Å². The van der Waals surface area contributed by atoms with E-state index in [0.29, 0.717) is 19.0 Å². The summed E-state index contributed by atoms with van der Waals surface area (Å²) < 4.78 is 2.26. The smallest absolute Gasteiger partial charge is 0.254 e. The molecule has 4 aromatic rings. The number of nitrogens with one attached hydrogen (secondary N) is 1. The maximum absolute atomic E-state index is 14.3. The van der Waals surface area contributed by atoms with Gasteiger partial charge < -0.3 is 14.8 Å². The molecular formula is C34H40N4O. The first-order valence-electron chi connectivity index (χ1n) is 14.2. The van der Waals surface area contributed by atoms with Crippen LogP contribution in [0.15, 0.2) is 91.1 Å². The van der Waals surface area contributed by atoms with Crippen molar-refractivity contribution in [2.24, 2.45) is 11.8 Å². The summed E-state index contributed by atoms with van der Waals surface area (Å²) in [7, 11) is 0. The molecule has 2 atom stereocenters. The summed E-state index contributed by atoms with van der Waals surface area (Å²) in [4.78, 5) is 21.6. The van der Waals surface area contributed by atoms with Crippen molar-refractivity contribution in [3.05, 3.63) is 114 Å². The maximum Gasteiger partial charge on any atom is 0.254 e. The minimum atomic E-state index is -0.165. The van der Waals surface area contributed by atoms with Gasteiger partial charge in [0, 0.05) is 30.4 Å². The van der Waals surface area contributed by atoms with Crippen LogP contribution < -0.4 is 5.32 Å². The third-order valence-electron chi connectivity index (χ3n) is 7.72. The molecule has 5 heteroatoms. The second-order valence-corrected chi connectivity index (χ2v) is 11.2. The number of imidazole rings is 1. The summed E-state index contributed by atoms with van der Waals surface area (Å²) in [5, 5.41) is 3.55. The number of carbonyl (C=O) groups is 1. The molecule has 0 spiro atoms. The van der Waals surface area contributed by atoms with Crippen molar-refractivity contribution < 1.29 is 4.79 Å². The SMILES string of the molecule is Cc1ccc(C(=O)N(C[C@@H]2CCCNC2)[C@@H](c2nc(-c3ccccc3)cn2Cc2ccccc2)C(C)C)cc1. The molecule has 1 N–H and O–H groups in total. The van der Waals surface area contributed by atoms with Crippen molar-refractivity contribution in [1.82, 2.24) is 19.8 Å². The van der Waals surface area contributed by atoms with Gasteiger partial charge in [0.2, 0.25) is 0 Å². The molecule has 1 fully saturated rings. The van der Waals surface area contributed by atoms with Gasteiger partial charge in [0.1, 0.15) is 5.82 Å². The fourth-order valence-corrected chi connectivity index (χ4v) is 5.66. The van der Waals surface area contributed by atoms with E-state index in [-0.39, 0.29) is 17.9 Å². The Hall–Kier alpha value is -3.70. The molecule has 1 aliphatic heterocycles. The number of rotatable bonds is 9. The van der Waals surface area contributed by atoms with Gasteiger partial charge in [-0.2, -0.15) is 0 Å². The van der Waals surface area contributed by atoms with E-state index in [1.165, 1.54) is 5.56 Å². The molecule has 1 aliphatic rings. The number of aryl methyl sites for hydroxylation is 1. The van der Waals surface area contributed by atoms with Gasteiger partial charge in [-0.25, -0.2) is 4.98 Å². The largest absolute Gasteiger partial charge is 0.328 e. The maximum atomic E-state index is 14.3. The van der Waals surface area contributed by atoms with Gasteiger partial charge >= 0.3 is 0 Å². The Bertz CT molecular complexity index is 1340. The molecular weight excluding hydrogens is 480 g/mol. The summed E-state index contributed by atoms with van der Waals surface area (Å²) in [6, 6.07) is 28.7. The highest BCUT2D eigenvalue weighted by atomic mass is 16.2. The molecule has 5 nitrogen and oxygen atoms in total. The molecule has 5 rings (SSSR count). The lowest BCUT2D eigenvalue weighted by Crippen LogP contribution is -2.45. The van der Waals surface area contributed by atoms with Gasteiger partial charge in [-0.3, -0.25) is 4.79 Å². The first-order chi connectivity index (χ1) is 19.0. The van der Waals surface area contributed by atoms with Crippen molar-refractivity contribution in [3.63, 3.8) is 0 Å². The molecule has 2 heterocycles. The van der Waals surface area contributed by atoms with Gasteiger partial charge in [-0.05, 0) is 62.4 Å². The van der Waals surface area contributed by atoms with Gasteiger partial charge in [0.05, 0.1) is 11.7 Å². The number of aromatic nitrogens is 2. The Kier molecular flexibility index (Phi) is 8.58. The zero-order valence-corrected chi connectivity index (χ0v) is 23.4. The fourth-order valence-electron chi connectivity index (χ4n) is 5.66. The zero-order chi connectivity index (χ0) is 27.2. The molecule has 0 bridgehead atoms. The number of carbonyl (C=O) groups excluding carboxylic acids is 1. The standard InChI is InChI=1S/C34H40N4O/c1-25(2)32(38(23-28-13-10-20-35-21-28)34(39)30-18-16-26(3)17-19-30)33-36-31(29-14-8-5-9-15-29)24-37(33)22-27-11-6-4-7-12-27/h4-9,11-12,14-19,24-25,28,32,35H,10,13,20-23H2,1-3H3/t28-,32-/m1/s1. The summed E-state index contributed by atoms with van der Waals surface area (Å²) in [6.07, 6.45) is 4.43. The highest BCUT2D eigenvalue weighted by Gasteiger charge is 2.34. The molecule has 3 aromatic carbocycles. The fraction of sp³-hybridized carbons (Fsp3) is 0.353. The lowest BCUT2D eigenvalue weighted by atomic mass is 9.94. The average molecular weight is 521 g/mol. The monoisotopic (exact) mass is 520 g/mol. The minimum Gasteiger partial charge on any atom is -0.328 e. The molecule has 0 radical (unpaired) electrons. The van der Waals surface area contributed by atoms with Crippen LogP contribution in [0, 0.1) is 18.8 Å². The van der Waals surface area contributed by atoms with E-state index in [1.54, 1.807) is 0 Å². The van der Waals surface area contributed by atoms with E-state index < -0.39 is 0 Å². The van der Waals surface area contributed by atoms with E-state index in [0.717, 1.165) is 54.1 Å². The molecule has 1 aromatic heterocycles. The van der Waals surface area contributed by atoms with Gasteiger partial charge in [0.25, 0.3) is 5.91 Å². The van der Waals surface area contributed by atoms with E-state index in [2.05, 4.69) is 90.3 Å². The quantitative estimate of drug-likeness (QED) is 0.266. The van der Waals surface area contributed by atoms with Crippen LogP contribution in [0.2, 0.25) is 0 Å². The Balaban J connectivity index is 1.60. The van der Waals surface area contributed by atoms with Crippen LogP contribution in [0.4, 0.5) is 0 Å². The topological polar surface area (TPSA) is 50.2 Å². The van der Waals surface area contributed by atoms with Crippen molar-refractivity contribution in [3.8, 4) is 11.3 Å². The Morgan fingerprint density at radius 3 is 2.33 bits per heavy atom. The summed E-state index contributed by atoms with van der Waals surface area (Å²) >= 11 is 0. The van der Waals surface area contributed by atoms with Crippen LogP contribution in [0.5, 0.6) is 0 Å². The first-order valence-corrected chi connectivity index (χ1v) is 14.2. The molecule has 1 saturated heterocycles. The molecule has 0 saturated carbocycles. The van der Waals surface area contributed by atoms with Gasteiger partial charge in [-0.15, -0.1) is 0 Å². The predicted molar refractivity (Wildman–Crippen MR) is 159 cm³/mol. The lowest BCUT2D eigenvalue weighted by molar-refractivity contribution is 0.0546. The van der Waals surface area contributed by atoms with Gasteiger partial charge in [-0.1, -0.05) is 92.2 Å². The summed E-state index contributed by atoms with van der Waals surface area (Å²) in [5.74, 6) is 1.61. The van der Waals surface area contributed by atoms with E-state index in [1.807, 2.05) is 36.4 Å². The van der Waals surface area contributed by atoms with Crippen LogP contribution in [0.25, 0.3) is 11.3 Å². The van der Waals surface area contributed by atoms with Crippen molar-refractivity contribution >= 4 is 5.91 Å². The Morgan fingerprint density at radius 1 is 1.00 bits per heavy atom. The number of hydrogen-bond acceptors (Lipinski definition) is 3. The highest BCUT2D eigenvalue weighted by molar-refractivity contribution is 5.94. The average Bonchev–Trinajstić information content (AvgIpc) is 3.37. The second-order valence-electron chi connectivity index (χ2n) is 11.2. The molecule has 0 unspecified atom stereocenters. The third kappa shape index (κ3) is 6.48. The number of amides is 1. The normalized spacial score (nSPS) is 16.3. The zero-order valence-electron chi connectivity index (χ0n) is 23.4. The first kappa shape index (κ1) is 26.9. The summed E-state index contributed by atoms with van der Waals surface area (Å²) in [5.41, 5.74) is 5.13. The predicted octanol–water partition coefficient (Wildman–Crippen LogP) is 6.75. The number of benzene rings is 3. The van der Waals surface area contributed by atoms with E-state index in [4.69, 9.17) is 4.98 Å². The van der Waals surface area contributed by atoms with E-state index in [9.17, 15) is 4.79 Å². The van der Waals surface area contributed by atoms with Crippen molar-refractivity contribution in [1.29, 1.82) is 0 Å². The molecule has 39 heavy (non-hydrogen) atoms. The number of nitrogens with zero attached hydrogens (tertiary/aromatic N) is 3. The van der Waals surface area contributed by atoms with Crippen LogP contribution >= 0.6 is 0 Å². The minimum absolute atomic E-state index is 0.0785. The van der Waals surface area contributed by atoms with Crippen LogP contribution in [0.1, 0.15) is 60.0 Å². The highest BCUT2D eigenvalue weighted by Crippen LogP contribution is 2.34. The second kappa shape index (κ2) is 12.4. The van der Waals surface area contributed by atoms with Crippen molar-refractivity contribution in [2.45, 2.75) is 46.2 Å². The van der Waals surface area contributed by atoms with Crippen LogP contribution in [-0.2, 0) is 6.54 Å². The lowest BCUT2D eigenvalue weighted by Gasteiger charge is -2.38. The molecule has 202 valence electrons. The third-order valence-corrected chi connectivity index (χ3v) is 7.72. The van der Waals surface area contributed by atoms with Crippen LogP contribution in [0.3, 0.4) is 0 Å². The molecule has 1 amide bonds. The van der Waals surface area contributed by atoms with Crippen molar-refractivity contribution in [2.75, 3.05) is 19.6 Å². The van der Waals surface area contributed by atoms with E-state index >= 15 is 0 Å². The molecule has 0 aliphatic carbocycles. The summed E-state index contributed by atoms with van der Waals surface area (Å²) in [6.45, 7) is 9.89. The number of hydrogen-bond donors (Lipinski definition) is 1. The Labute approximate surface area is 232 Å². The number of piperidine rings is 1.